The second kappa shape index (κ2) is 11.2. The van der Waals surface area contributed by atoms with Crippen molar-refractivity contribution in [2.75, 3.05) is 50.9 Å². The van der Waals surface area contributed by atoms with E-state index in [4.69, 9.17) is 30.5 Å². The summed E-state index contributed by atoms with van der Waals surface area (Å²) in [4.78, 5) is 14.1. The number of rotatable bonds is 10. The molecule has 0 N–H and O–H groups in total. The van der Waals surface area contributed by atoms with Crippen LogP contribution in [0.3, 0.4) is 0 Å². The molecule has 0 bridgehead atoms. The average Bonchev–Trinajstić information content (AvgIpc) is 2.56. The molecule has 0 fully saturated rings. The van der Waals surface area contributed by atoms with E-state index in [2.05, 4.69) is 0 Å². The van der Waals surface area contributed by atoms with Crippen LogP contribution < -0.4 is 9.64 Å². The Balaban J connectivity index is 2.70. The number of anilines is 1. The summed E-state index contributed by atoms with van der Waals surface area (Å²) in [7, 11) is 1.57. The Morgan fingerprint density at radius 2 is 1.72 bits per heavy atom. The van der Waals surface area contributed by atoms with Crippen LogP contribution in [0.2, 0.25) is 0 Å². The fraction of sp³-hybridized carbons (Fsp3) is 0.611. The summed E-state index contributed by atoms with van der Waals surface area (Å²) >= 11 is 5.53. The predicted octanol–water partition coefficient (Wildman–Crippen LogP) is 3.71. The molecule has 6 nitrogen and oxygen atoms in total. The average molecular weight is 374 g/mol. The molecule has 0 radical (unpaired) electrons. The quantitative estimate of drug-likeness (QED) is 0.462. The van der Waals surface area contributed by atoms with E-state index in [9.17, 15) is 4.79 Å². The third kappa shape index (κ3) is 8.43. The van der Waals surface area contributed by atoms with E-state index in [-0.39, 0.29) is 0 Å². The molecule has 1 amide bonds. The van der Waals surface area contributed by atoms with Gasteiger partial charge in [-0.2, -0.15) is 0 Å². The molecule has 0 saturated carbocycles. The molecular formula is C18H28ClNO5. The van der Waals surface area contributed by atoms with E-state index < -0.39 is 11.7 Å². The summed E-state index contributed by atoms with van der Waals surface area (Å²) in [5.74, 6) is 1.05. The topological polar surface area (TPSA) is 57.2 Å². The first-order valence-corrected chi connectivity index (χ1v) is 8.77. The molecule has 0 atom stereocenters. The normalized spacial score (nSPS) is 11.2. The minimum Gasteiger partial charge on any atom is -0.495 e. The van der Waals surface area contributed by atoms with Crippen LogP contribution in [0, 0.1) is 0 Å². The second-order valence-electron chi connectivity index (χ2n) is 6.22. The van der Waals surface area contributed by atoms with Crippen molar-refractivity contribution in [1.82, 2.24) is 0 Å². The van der Waals surface area contributed by atoms with Gasteiger partial charge in [-0.25, -0.2) is 4.79 Å². The fourth-order valence-electron chi connectivity index (χ4n) is 2.01. The number of nitrogens with zero attached hydrogens (tertiary/aromatic N) is 1. The van der Waals surface area contributed by atoms with Gasteiger partial charge < -0.3 is 18.9 Å². The van der Waals surface area contributed by atoms with Crippen LogP contribution >= 0.6 is 11.6 Å². The van der Waals surface area contributed by atoms with Crippen LogP contribution in [0.25, 0.3) is 0 Å². The number of methoxy groups -OCH3 is 1. The lowest BCUT2D eigenvalue weighted by Crippen LogP contribution is -2.39. The fourth-order valence-corrected chi connectivity index (χ4v) is 2.12. The third-order valence-electron chi connectivity index (χ3n) is 3.04. The zero-order chi connectivity index (χ0) is 18.7. The number of carbonyl (C=O) groups is 1. The van der Waals surface area contributed by atoms with E-state index >= 15 is 0 Å². The molecule has 0 saturated heterocycles. The molecule has 0 aliphatic carbocycles. The first-order chi connectivity index (χ1) is 11.9. The lowest BCUT2D eigenvalue weighted by molar-refractivity contribution is 0.0478. The van der Waals surface area contributed by atoms with Crippen molar-refractivity contribution >= 4 is 23.4 Å². The van der Waals surface area contributed by atoms with Crippen LogP contribution in [-0.4, -0.2) is 57.7 Å². The van der Waals surface area contributed by atoms with Crippen molar-refractivity contribution in [3.63, 3.8) is 0 Å². The Kier molecular flexibility index (Phi) is 9.63. The molecule has 1 aromatic carbocycles. The number of para-hydroxylation sites is 2. The Labute approximate surface area is 154 Å². The number of carbonyl (C=O) groups excluding carboxylic acids is 1. The maximum atomic E-state index is 12.6. The van der Waals surface area contributed by atoms with Gasteiger partial charge >= 0.3 is 6.09 Å². The van der Waals surface area contributed by atoms with Gasteiger partial charge in [-0.05, 0) is 32.9 Å². The summed E-state index contributed by atoms with van der Waals surface area (Å²) < 4.78 is 21.6. The van der Waals surface area contributed by atoms with Gasteiger partial charge in [0.25, 0.3) is 0 Å². The summed E-state index contributed by atoms with van der Waals surface area (Å²) in [5, 5.41) is 0. The van der Waals surface area contributed by atoms with Crippen LogP contribution in [0.5, 0.6) is 5.75 Å². The van der Waals surface area contributed by atoms with Gasteiger partial charge in [0.05, 0.1) is 45.8 Å². The van der Waals surface area contributed by atoms with Gasteiger partial charge in [0.1, 0.15) is 11.4 Å². The van der Waals surface area contributed by atoms with E-state index in [1.165, 1.54) is 4.90 Å². The number of benzene rings is 1. The number of hydrogen-bond acceptors (Lipinski definition) is 5. The lowest BCUT2D eigenvalue weighted by atomic mass is 10.2. The Morgan fingerprint density at radius 3 is 2.32 bits per heavy atom. The molecule has 142 valence electrons. The lowest BCUT2D eigenvalue weighted by Gasteiger charge is -2.28. The first-order valence-electron chi connectivity index (χ1n) is 8.24. The van der Waals surface area contributed by atoms with Crippen LogP contribution in [0.4, 0.5) is 10.5 Å². The monoisotopic (exact) mass is 373 g/mol. The predicted molar refractivity (Wildman–Crippen MR) is 98.9 cm³/mol. The number of hydrogen-bond donors (Lipinski definition) is 0. The number of alkyl halides is 1. The first kappa shape index (κ1) is 21.5. The standard InChI is InChI=1S/C18H28ClNO5/c1-18(2,3)25-17(21)20(10-12-24-14-13-23-11-9-19)15-7-5-6-8-16(15)22-4/h5-8H,9-14H2,1-4H3. The third-order valence-corrected chi connectivity index (χ3v) is 3.20. The zero-order valence-corrected chi connectivity index (χ0v) is 16.2. The smallest absolute Gasteiger partial charge is 0.415 e. The van der Waals surface area contributed by atoms with Crippen molar-refractivity contribution in [1.29, 1.82) is 0 Å². The maximum Gasteiger partial charge on any atom is 0.415 e. The SMILES string of the molecule is COc1ccccc1N(CCOCCOCCCl)C(=O)OC(C)(C)C. The van der Waals surface area contributed by atoms with Crippen LogP contribution in [-0.2, 0) is 14.2 Å². The van der Waals surface area contributed by atoms with Crippen LogP contribution in [0.15, 0.2) is 24.3 Å². The summed E-state index contributed by atoms with van der Waals surface area (Å²) in [6.45, 7) is 7.57. The van der Waals surface area contributed by atoms with Crippen LogP contribution in [0.1, 0.15) is 20.8 Å². The van der Waals surface area contributed by atoms with Crippen molar-refractivity contribution in [2.24, 2.45) is 0 Å². The molecule has 0 aromatic heterocycles. The Morgan fingerprint density at radius 1 is 1.08 bits per heavy atom. The molecule has 1 aromatic rings. The zero-order valence-electron chi connectivity index (χ0n) is 15.4. The van der Waals surface area contributed by atoms with Gasteiger partial charge in [-0.1, -0.05) is 12.1 Å². The minimum atomic E-state index is -0.590. The van der Waals surface area contributed by atoms with E-state index in [1.54, 1.807) is 13.2 Å². The minimum absolute atomic E-state index is 0.338. The van der Waals surface area contributed by atoms with Crippen molar-refractivity contribution in [3.8, 4) is 5.75 Å². The van der Waals surface area contributed by atoms with E-state index in [0.29, 0.717) is 50.3 Å². The van der Waals surface area contributed by atoms with E-state index in [0.717, 1.165) is 0 Å². The molecule has 0 aliphatic rings. The molecule has 1 rings (SSSR count). The van der Waals surface area contributed by atoms with Crippen molar-refractivity contribution in [2.45, 2.75) is 26.4 Å². The highest BCUT2D eigenvalue weighted by atomic mass is 35.5. The van der Waals surface area contributed by atoms with E-state index in [1.807, 2.05) is 39.0 Å². The molecule has 7 heteroatoms. The van der Waals surface area contributed by atoms with Gasteiger partial charge in [-0.3, -0.25) is 4.90 Å². The van der Waals surface area contributed by atoms with Gasteiger partial charge in [0.2, 0.25) is 0 Å². The molecule has 0 aliphatic heterocycles. The molecule has 25 heavy (non-hydrogen) atoms. The number of amides is 1. The van der Waals surface area contributed by atoms with Gasteiger partial charge in [0.15, 0.2) is 0 Å². The highest BCUT2D eigenvalue weighted by molar-refractivity contribution is 6.17. The van der Waals surface area contributed by atoms with Crippen molar-refractivity contribution in [3.05, 3.63) is 24.3 Å². The largest absolute Gasteiger partial charge is 0.495 e. The Bertz CT molecular complexity index is 518. The molecule has 0 unspecified atom stereocenters. The molecule has 0 heterocycles. The van der Waals surface area contributed by atoms with Crippen molar-refractivity contribution < 1.29 is 23.7 Å². The summed E-state index contributed by atoms with van der Waals surface area (Å²) in [6, 6.07) is 7.30. The highest BCUT2D eigenvalue weighted by Gasteiger charge is 2.25. The second-order valence-corrected chi connectivity index (χ2v) is 6.60. The van der Waals surface area contributed by atoms with Gasteiger partial charge in [-0.15, -0.1) is 11.6 Å². The number of halogens is 1. The summed E-state index contributed by atoms with van der Waals surface area (Å²) in [6.07, 6.45) is -0.445. The number of ether oxygens (including phenoxy) is 4. The summed E-state index contributed by atoms with van der Waals surface area (Å²) in [5.41, 5.74) is 0.0504. The maximum absolute atomic E-state index is 12.6. The van der Waals surface area contributed by atoms with Gasteiger partial charge in [0, 0.05) is 5.88 Å². The molecule has 0 spiro atoms. The molecular weight excluding hydrogens is 346 g/mol. The highest BCUT2D eigenvalue weighted by Crippen LogP contribution is 2.28. The Hall–Kier alpha value is -1.50.